The van der Waals surface area contributed by atoms with Gasteiger partial charge in [0.05, 0.1) is 7.11 Å². The highest BCUT2D eigenvalue weighted by Gasteiger charge is 2.16. The second-order valence-electron chi connectivity index (χ2n) is 4.79. The molecule has 0 saturated heterocycles. The number of H-pyrrole nitrogens is 1. The normalized spacial score (nSPS) is 12.4. The second kappa shape index (κ2) is 5.57. The van der Waals surface area contributed by atoms with Crippen molar-refractivity contribution in [3.63, 3.8) is 0 Å². The molecule has 0 bridgehead atoms. The maximum absolute atomic E-state index is 5.47. The zero-order valence-corrected chi connectivity index (χ0v) is 12.4. The van der Waals surface area contributed by atoms with E-state index in [1.807, 2.05) is 0 Å². The summed E-state index contributed by atoms with van der Waals surface area (Å²) in [6.45, 7) is 6.31. The minimum absolute atomic E-state index is 0.246. The first kappa shape index (κ1) is 13.8. The molecule has 0 aliphatic heterocycles. The van der Waals surface area contributed by atoms with Crippen molar-refractivity contribution in [3.05, 3.63) is 39.6 Å². The Morgan fingerprint density at radius 3 is 2.63 bits per heavy atom. The molecule has 1 N–H and O–H groups in total. The van der Waals surface area contributed by atoms with Gasteiger partial charge in [0.15, 0.2) is 0 Å². The van der Waals surface area contributed by atoms with E-state index in [0.717, 1.165) is 11.3 Å². The van der Waals surface area contributed by atoms with Crippen LogP contribution >= 0.6 is 12.2 Å². The maximum Gasteiger partial charge on any atom is 0.284 e. The molecule has 4 nitrogen and oxygen atoms in total. The van der Waals surface area contributed by atoms with Crippen LogP contribution in [0, 0.1) is 18.7 Å². The van der Waals surface area contributed by atoms with E-state index >= 15 is 0 Å². The maximum atomic E-state index is 5.47. The number of benzene rings is 1. The number of ether oxygens (including phenoxy) is 1. The first-order valence-corrected chi connectivity index (χ1v) is 6.61. The van der Waals surface area contributed by atoms with Crippen molar-refractivity contribution in [2.24, 2.45) is 0 Å². The fraction of sp³-hybridized carbons (Fsp3) is 0.429. The molecule has 0 aliphatic carbocycles. The van der Waals surface area contributed by atoms with Gasteiger partial charge in [-0.25, -0.2) is 5.10 Å². The van der Waals surface area contributed by atoms with E-state index in [2.05, 4.69) is 43.1 Å². The third-order valence-corrected chi connectivity index (χ3v) is 3.51. The van der Waals surface area contributed by atoms with Crippen LogP contribution in [0.15, 0.2) is 16.5 Å². The lowest BCUT2D eigenvalue weighted by molar-refractivity contribution is 0.402. The Balaban J connectivity index is 2.30. The van der Waals surface area contributed by atoms with E-state index < -0.39 is 0 Å². The lowest BCUT2D eigenvalue weighted by Gasteiger charge is -2.16. The van der Waals surface area contributed by atoms with Crippen LogP contribution in [0.4, 0.5) is 0 Å². The summed E-state index contributed by atoms with van der Waals surface area (Å²) in [5.74, 6) is 1.78. The number of hydrogen-bond donors (Lipinski definition) is 1. The van der Waals surface area contributed by atoms with Crippen molar-refractivity contribution < 1.29 is 9.15 Å². The summed E-state index contributed by atoms with van der Waals surface area (Å²) in [5.41, 5.74) is 3.64. The molecule has 0 saturated carbocycles. The van der Waals surface area contributed by atoms with Crippen molar-refractivity contribution in [2.75, 3.05) is 7.11 Å². The molecule has 1 heterocycles. The first-order valence-electron chi connectivity index (χ1n) is 6.20. The van der Waals surface area contributed by atoms with Crippen molar-refractivity contribution in [3.8, 4) is 5.75 Å². The van der Waals surface area contributed by atoms with Gasteiger partial charge in [-0.2, -0.15) is 0 Å². The van der Waals surface area contributed by atoms with Crippen molar-refractivity contribution in [2.45, 2.75) is 33.1 Å². The Morgan fingerprint density at radius 2 is 2.05 bits per heavy atom. The van der Waals surface area contributed by atoms with Crippen LogP contribution in [-0.2, 0) is 6.42 Å². The highest BCUT2D eigenvalue weighted by Crippen LogP contribution is 2.31. The minimum Gasteiger partial charge on any atom is -0.496 e. The molecule has 0 amide bonds. The average molecular weight is 278 g/mol. The van der Waals surface area contributed by atoms with Gasteiger partial charge in [0.1, 0.15) is 5.75 Å². The van der Waals surface area contributed by atoms with E-state index in [1.54, 1.807) is 7.11 Å². The minimum atomic E-state index is 0.246. The zero-order valence-electron chi connectivity index (χ0n) is 11.6. The molecular weight excluding hydrogens is 260 g/mol. The number of rotatable bonds is 4. The number of aromatic amines is 1. The Morgan fingerprint density at radius 1 is 1.37 bits per heavy atom. The van der Waals surface area contributed by atoms with Gasteiger partial charge < -0.3 is 9.15 Å². The van der Waals surface area contributed by atoms with Crippen LogP contribution in [0.5, 0.6) is 5.75 Å². The average Bonchev–Trinajstić information content (AvgIpc) is 2.77. The van der Waals surface area contributed by atoms with E-state index in [4.69, 9.17) is 21.4 Å². The lowest BCUT2D eigenvalue weighted by atomic mass is 9.93. The van der Waals surface area contributed by atoms with Crippen LogP contribution in [-0.4, -0.2) is 17.3 Å². The van der Waals surface area contributed by atoms with Gasteiger partial charge in [0.2, 0.25) is 5.89 Å². The van der Waals surface area contributed by atoms with Crippen molar-refractivity contribution >= 4 is 12.2 Å². The van der Waals surface area contributed by atoms with Gasteiger partial charge in [-0.05, 0) is 54.7 Å². The lowest BCUT2D eigenvalue weighted by Crippen LogP contribution is -2.03. The third-order valence-electron chi connectivity index (χ3n) is 3.34. The van der Waals surface area contributed by atoms with Crippen LogP contribution in [0.3, 0.4) is 0 Å². The smallest absolute Gasteiger partial charge is 0.284 e. The summed E-state index contributed by atoms with van der Waals surface area (Å²) in [5, 5.41) is 6.68. The van der Waals surface area contributed by atoms with Gasteiger partial charge in [-0.15, -0.1) is 5.10 Å². The predicted octanol–water partition coefficient (Wildman–Crippen LogP) is 3.70. The second-order valence-corrected chi connectivity index (χ2v) is 5.16. The summed E-state index contributed by atoms with van der Waals surface area (Å²) in [4.78, 5) is 0.314. The number of hydrogen-bond acceptors (Lipinski definition) is 4. The molecular formula is C14H18N2O2S. The van der Waals surface area contributed by atoms with Gasteiger partial charge >= 0.3 is 0 Å². The van der Waals surface area contributed by atoms with Gasteiger partial charge in [-0.3, -0.25) is 0 Å². The standard InChI is InChI=1S/C14H18N2O2S/c1-8-5-11(12(17-4)6-9(8)2)10(3)7-13-15-16-14(19)18-13/h5-6,10H,7H2,1-4H3,(H,16,19). The van der Waals surface area contributed by atoms with Gasteiger partial charge in [0, 0.05) is 6.42 Å². The highest BCUT2D eigenvalue weighted by atomic mass is 32.1. The molecule has 0 aliphatic rings. The van der Waals surface area contributed by atoms with Crippen molar-refractivity contribution in [1.82, 2.24) is 10.2 Å². The molecule has 0 radical (unpaired) electrons. The SMILES string of the molecule is COc1cc(C)c(C)cc1C(C)Cc1n[nH]c(=S)o1. The van der Waals surface area contributed by atoms with Crippen molar-refractivity contribution in [1.29, 1.82) is 0 Å². The number of aryl methyl sites for hydroxylation is 2. The van der Waals surface area contributed by atoms with Gasteiger partial charge in [0.25, 0.3) is 4.84 Å². The summed E-state index contributed by atoms with van der Waals surface area (Å²) in [7, 11) is 1.70. The molecule has 1 unspecified atom stereocenters. The number of nitrogens with zero attached hydrogens (tertiary/aromatic N) is 1. The zero-order chi connectivity index (χ0) is 14.0. The fourth-order valence-electron chi connectivity index (χ4n) is 2.09. The Kier molecular flexibility index (Phi) is 4.04. The van der Waals surface area contributed by atoms with Crippen LogP contribution in [0.1, 0.15) is 35.4 Å². The Hall–Kier alpha value is -1.62. The number of methoxy groups -OCH3 is 1. The molecule has 0 spiro atoms. The molecule has 1 aromatic heterocycles. The van der Waals surface area contributed by atoms with E-state index in [9.17, 15) is 0 Å². The summed E-state index contributed by atoms with van der Waals surface area (Å²) in [6, 6.07) is 4.24. The molecule has 1 atom stereocenters. The molecule has 2 aromatic rings. The third kappa shape index (κ3) is 3.04. The molecule has 1 aromatic carbocycles. The number of aromatic nitrogens is 2. The van der Waals surface area contributed by atoms with Crippen LogP contribution in [0.2, 0.25) is 0 Å². The fourth-order valence-corrected chi connectivity index (χ4v) is 2.24. The number of nitrogens with one attached hydrogen (secondary N) is 1. The largest absolute Gasteiger partial charge is 0.496 e. The topological polar surface area (TPSA) is 51.0 Å². The Bertz CT molecular complexity index is 631. The Labute approximate surface area is 117 Å². The molecule has 0 fully saturated rings. The quantitative estimate of drug-likeness (QED) is 0.866. The summed E-state index contributed by atoms with van der Waals surface area (Å²) < 4.78 is 10.8. The molecule has 19 heavy (non-hydrogen) atoms. The highest BCUT2D eigenvalue weighted by molar-refractivity contribution is 7.71. The first-order chi connectivity index (χ1) is 9.01. The van der Waals surface area contributed by atoms with Gasteiger partial charge in [-0.1, -0.05) is 13.0 Å². The summed E-state index contributed by atoms with van der Waals surface area (Å²) >= 11 is 4.88. The molecule has 2 rings (SSSR count). The molecule has 5 heteroatoms. The van der Waals surface area contributed by atoms with E-state index in [-0.39, 0.29) is 5.92 Å². The monoisotopic (exact) mass is 278 g/mol. The van der Waals surface area contributed by atoms with E-state index in [0.29, 0.717) is 17.1 Å². The predicted molar refractivity (Wildman–Crippen MR) is 76.3 cm³/mol. The molecule has 102 valence electrons. The van der Waals surface area contributed by atoms with Crippen LogP contribution in [0.25, 0.3) is 0 Å². The van der Waals surface area contributed by atoms with Crippen LogP contribution < -0.4 is 4.74 Å². The van der Waals surface area contributed by atoms with E-state index in [1.165, 1.54) is 11.1 Å². The summed E-state index contributed by atoms with van der Waals surface area (Å²) in [6.07, 6.45) is 0.687.